The molecule has 45 heavy (non-hydrogen) atoms. The van der Waals surface area contributed by atoms with E-state index in [1.54, 1.807) is 8.99 Å². The van der Waals surface area contributed by atoms with E-state index >= 15 is 0 Å². The molecule has 2 saturated heterocycles. The Balaban J connectivity index is 1.13. The van der Waals surface area contributed by atoms with Gasteiger partial charge in [-0.05, 0) is 55.2 Å². The zero-order valence-electron chi connectivity index (χ0n) is 26.5. The first-order valence-corrected chi connectivity index (χ1v) is 17.8. The third-order valence-corrected chi connectivity index (χ3v) is 11.1. The number of hydrogen-bond acceptors (Lipinski definition) is 9. The van der Waals surface area contributed by atoms with Gasteiger partial charge >= 0.3 is 0 Å². The number of amides is 1. The third kappa shape index (κ3) is 6.76. The molecule has 2 aliphatic heterocycles. The lowest BCUT2D eigenvalue weighted by atomic mass is 9.93. The van der Waals surface area contributed by atoms with E-state index in [1.807, 2.05) is 19.3 Å². The lowest BCUT2D eigenvalue weighted by Gasteiger charge is -2.33. The highest BCUT2D eigenvalue weighted by atomic mass is 32.2. The summed E-state index contributed by atoms with van der Waals surface area (Å²) in [6.07, 6.45) is 6.28. The second kappa shape index (κ2) is 13.5. The Morgan fingerprint density at radius 1 is 1.04 bits per heavy atom. The van der Waals surface area contributed by atoms with Gasteiger partial charge in [-0.2, -0.15) is 5.10 Å². The number of para-hydroxylation sites is 1. The zero-order valence-corrected chi connectivity index (χ0v) is 27.3. The summed E-state index contributed by atoms with van der Waals surface area (Å²) < 4.78 is 34.8. The van der Waals surface area contributed by atoms with Crippen LogP contribution in [0.15, 0.2) is 24.4 Å². The largest absolute Gasteiger partial charge is 0.379 e. The maximum atomic E-state index is 13.6. The Morgan fingerprint density at radius 2 is 1.76 bits per heavy atom. The summed E-state index contributed by atoms with van der Waals surface area (Å²) in [4.78, 5) is 25.3. The van der Waals surface area contributed by atoms with E-state index in [0.29, 0.717) is 63.8 Å². The highest BCUT2D eigenvalue weighted by molar-refractivity contribution is 7.89. The molecule has 0 spiro atoms. The average Bonchev–Trinajstić information content (AvgIpc) is 3.41. The summed E-state index contributed by atoms with van der Waals surface area (Å²) in [5, 5.41) is 11.3. The van der Waals surface area contributed by atoms with E-state index in [4.69, 9.17) is 9.72 Å². The van der Waals surface area contributed by atoms with Crippen LogP contribution >= 0.6 is 0 Å². The monoisotopic (exact) mass is 636 g/mol. The van der Waals surface area contributed by atoms with Gasteiger partial charge in [0.25, 0.3) is 5.91 Å². The van der Waals surface area contributed by atoms with Crippen LogP contribution in [-0.2, 0) is 47.5 Å². The maximum absolute atomic E-state index is 13.6. The molecule has 13 heteroatoms. The SMILES string of the molecule is CCc1cccc(CC)c1NC(=O)c1nn(C)c2c1CCc1cnc(NC3CCN(S(=O)(=O)CCN4CCOCC4)CC3)nc1-2. The molecule has 1 aliphatic carbocycles. The number of hydrogen-bond donors (Lipinski definition) is 2. The van der Waals surface area contributed by atoms with Crippen molar-refractivity contribution in [3.63, 3.8) is 0 Å². The van der Waals surface area contributed by atoms with E-state index in [9.17, 15) is 13.2 Å². The molecule has 1 aromatic carbocycles. The molecule has 242 valence electrons. The molecule has 2 fully saturated rings. The number of carbonyl (C=O) groups excluding carboxylic acids is 1. The minimum absolute atomic E-state index is 0.0658. The van der Waals surface area contributed by atoms with E-state index in [1.165, 1.54) is 0 Å². The zero-order chi connectivity index (χ0) is 31.6. The lowest BCUT2D eigenvalue weighted by molar-refractivity contribution is 0.0407. The molecular weight excluding hydrogens is 592 g/mol. The van der Waals surface area contributed by atoms with Crippen molar-refractivity contribution >= 4 is 27.6 Å². The molecule has 1 amide bonds. The van der Waals surface area contributed by atoms with Crippen molar-refractivity contribution in [2.24, 2.45) is 7.05 Å². The number of piperidine rings is 1. The van der Waals surface area contributed by atoms with Gasteiger partial charge in [0.1, 0.15) is 0 Å². The van der Waals surface area contributed by atoms with Crippen molar-refractivity contribution in [3.05, 3.63) is 52.3 Å². The Kier molecular flexibility index (Phi) is 9.50. The summed E-state index contributed by atoms with van der Waals surface area (Å²) in [5.74, 6) is 0.439. The Hall–Kier alpha value is -3.39. The molecule has 3 aliphatic rings. The number of morpholine rings is 1. The quantitative estimate of drug-likeness (QED) is 0.345. The van der Waals surface area contributed by atoms with Gasteiger partial charge in [-0.1, -0.05) is 32.0 Å². The van der Waals surface area contributed by atoms with Crippen LogP contribution in [0.3, 0.4) is 0 Å². The van der Waals surface area contributed by atoms with E-state index in [2.05, 4.69) is 51.6 Å². The highest BCUT2D eigenvalue weighted by Crippen LogP contribution is 2.35. The van der Waals surface area contributed by atoms with Gasteiger partial charge in [0.05, 0.1) is 30.4 Å². The maximum Gasteiger partial charge on any atom is 0.276 e. The van der Waals surface area contributed by atoms with Gasteiger partial charge < -0.3 is 15.4 Å². The molecular formula is C32H44N8O4S. The van der Waals surface area contributed by atoms with Crippen LogP contribution < -0.4 is 10.6 Å². The molecule has 0 bridgehead atoms. The number of rotatable bonds is 10. The topological polar surface area (TPSA) is 135 Å². The smallest absolute Gasteiger partial charge is 0.276 e. The first kappa shape index (κ1) is 31.6. The van der Waals surface area contributed by atoms with Crippen molar-refractivity contribution < 1.29 is 17.9 Å². The number of aromatic nitrogens is 4. The molecule has 0 unspecified atom stereocenters. The molecule has 6 rings (SSSR count). The number of aryl methyl sites for hydroxylation is 4. The first-order valence-electron chi connectivity index (χ1n) is 16.2. The number of carbonyl (C=O) groups is 1. The van der Waals surface area contributed by atoms with E-state index in [-0.39, 0.29) is 17.7 Å². The Morgan fingerprint density at radius 3 is 2.44 bits per heavy atom. The predicted octanol–water partition coefficient (Wildman–Crippen LogP) is 2.89. The average molecular weight is 637 g/mol. The molecule has 2 N–H and O–H groups in total. The van der Waals surface area contributed by atoms with Crippen LogP contribution in [0.25, 0.3) is 11.4 Å². The Labute approximate surface area is 265 Å². The van der Waals surface area contributed by atoms with Crippen LogP contribution in [0.5, 0.6) is 0 Å². The fourth-order valence-corrected chi connectivity index (χ4v) is 8.16. The summed E-state index contributed by atoms with van der Waals surface area (Å²) >= 11 is 0. The van der Waals surface area contributed by atoms with Crippen molar-refractivity contribution in [1.82, 2.24) is 29.0 Å². The minimum Gasteiger partial charge on any atom is -0.379 e. The number of nitrogens with zero attached hydrogens (tertiary/aromatic N) is 6. The van der Waals surface area contributed by atoms with Crippen molar-refractivity contribution in [3.8, 4) is 11.4 Å². The van der Waals surface area contributed by atoms with Gasteiger partial charge in [0.2, 0.25) is 16.0 Å². The molecule has 2 aromatic heterocycles. The second-order valence-electron chi connectivity index (χ2n) is 12.1. The molecule has 3 aromatic rings. The predicted molar refractivity (Wildman–Crippen MR) is 174 cm³/mol. The van der Waals surface area contributed by atoms with Gasteiger partial charge in [0, 0.05) is 63.3 Å². The summed E-state index contributed by atoms with van der Waals surface area (Å²) in [6, 6.07) is 6.22. The molecule has 0 radical (unpaired) electrons. The third-order valence-electron chi connectivity index (χ3n) is 9.28. The van der Waals surface area contributed by atoms with Crippen LogP contribution in [-0.4, -0.2) is 101 Å². The van der Waals surface area contributed by atoms with E-state index < -0.39 is 10.0 Å². The number of nitrogens with one attached hydrogen (secondary N) is 2. The number of benzene rings is 1. The fourth-order valence-electron chi connectivity index (χ4n) is 6.64. The van der Waals surface area contributed by atoms with Crippen LogP contribution in [0.1, 0.15) is 59.4 Å². The summed E-state index contributed by atoms with van der Waals surface area (Å²) in [6.45, 7) is 8.55. The van der Waals surface area contributed by atoms with Crippen LogP contribution in [0.4, 0.5) is 11.6 Å². The van der Waals surface area contributed by atoms with E-state index in [0.717, 1.165) is 71.7 Å². The Bertz CT molecular complexity index is 1620. The van der Waals surface area contributed by atoms with Crippen LogP contribution in [0, 0.1) is 0 Å². The highest BCUT2D eigenvalue weighted by Gasteiger charge is 2.31. The minimum atomic E-state index is -3.31. The molecule has 0 saturated carbocycles. The first-order chi connectivity index (χ1) is 21.8. The number of sulfonamides is 1. The fraction of sp³-hybridized carbons (Fsp3) is 0.562. The number of fused-ring (bicyclic) bond motifs is 3. The molecule has 0 atom stereocenters. The standard InChI is InChI=1S/C32H44N8O4S/c1-4-22-7-6-8-23(5-2)27(22)35-31(41)29-26-10-9-24-21-33-32(36-28(24)30(26)38(3)37-29)34-25-11-13-40(14-12-25)45(42,43)20-17-39-15-18-44-19-16-39/h6-8,21,25H,4-5,9-20H2,1-3H3,(H,35,41)(H,33,34,36). The molecule has 12 nitrogen and oxygen atoms in total. The van der Waals surface area contributed by atoms with Crippen molar-refractivity contribution in [1.29, 1.82) is 0 Å². The second-order valence-corrected chi connectivity index (χ2v) is 14.2. The van der Waals surface area contributed by atoms with Crippen LogP contribution in [0.2, 0.25) is 0 Å². The summed E-state index contributed by atoms with van der Waals surface area (Å²) in [7, 11) is -1.46. The van der Waals surface area contributed by atoms with Gasteiger partial charge in [0.15, 0.2) is 5.69 Å². The van der Waals surface area contributed by atoms with Gasteiger partial charge in [-0.25, -0.2) is 22.7 Å². The lowest BCUT2D eigenvalue weighted by Crippen LogP contribution is -2.46. The number of anilines is 2. The van der Waals surface area contributed by atoms with Crippen molar-refractivity contribution in [2.45, 2.75) is 58.4 Å². The summed E-state index contributed by atoms with van der Waals surface area (Å²) in [5.41, 5.74) is 7.08. The van der Waals surface area contributed by atoms with Crippen molar-refractivity contribution in [2.75, 3.05) is 62.3 Å². The molecule has 4 heterocycles. The number of ether oxygens (including phenoxy) is 1. The van der Waals surface area contributed by atoms with Gasteiger partial charge in [-0.15, -0.1) is 0 Å². The van der Waals surface area contributed by atoms with Gasteiger partial charge in [-0.3, -0.25) is 14.4 Å². The normalized spacial score (nSPS) is 17.9.